The summed E-state index contributed by atoms with van der Waals surface area (Å²) in [6, 6.07) is 7.22. The monoisotopic (exact) mass is 584 g/mol. The third kappa shape index (κ3) is 5.20. The number of nitrogens with one attached hydrogen (secondary N) is 2. The molecule has 4 aromatic rings. The predicted molar refractivity (Wildman–Crippen MR) is 148 cm³/mol. The van der Waals surface area contributed by atoms with E-state index in [1.54, 1.807) is 12.1 Å². The van der Waals surface area contributed by atoms with Crippen molar-refractivity contribution in [2.45, 2.75) is 52.7 Å². The van der Waals surface area contributed by atoms with Gasteiger partial charge in [0.25, 0.3) is 0 Å². The highest BCUT2D eigenvalue weighted by atomic mass is 79.9. The molecule has 1 fully saturated rings. The second kappa shape index (κ2) is 10.2. The Labute approximate surface area is 229 Å². The first kappa shape index (κ1) is 27.8. The van der Waals surface area contributed by atoms with Gasteiger partial charge in [0.2, 0.25) is 0 Å². The number of nitrogens with zero attached hydrogens (tertiary/aromatic N) is 2. The number of ether oxygens (including phenoxy) is 2. The van der Waals surface area contributed by atoms with Crippen LogP contribution in [-0.4, -0.2) is 64.4 Å². The smallest absolute Gasteiger partial charge is 0.465 e. The number of carbonyl (C=O) groups is 2. The number of rotatable bonds is 3. The Kier molecular flexibility index (Phi) is 7.44. The molecule has 2 aromatic carbocycles. The molecule has 1 aliphatic heterocycles. The summed E-state index contributed by atoms with van der Waals surface area (Å²) in [7, 11) is 2.17. The van der Waals surface area contributed by atoms with Gasteiger partial charge in [-0.1, -0.05) is 15.9 Å². The second-order valence-electron chi connectivity index (χ2n) is 10.0. The number of carbonyl (C=O) groups excluding carboxylic acids is 2. The van der Waals surface area contributed by atoms with Crippen LogP contribution in [0.15, 0.2) is 28.7 Å². The molecule has 12 heteroatoms. The van der Waals surface area contributed by atoms with Gasteiger partial charge in [-0.05, 0) is 71.3 Å². The van der Waals surface area contributed by atoms with Crippen LogP contribution >= 0.6 is 15.9 Å². The first-order valence-electron chi connectivity index (χ1n) is 11.9. The number of aryl methyl sites for hydroxylation is 2. The van der Waals surface area contributed by atoms with Crippen LogP contribution in [0.3, 0.4) is 0 Å². The quantitative estimate of drug-likeness (QED) is 0.268. The first-order valence-corrected chi connectivity index (χ1v) is 12.7. The van der Waals surface area contributed by atoms with Gasteiger partial charge in [0.1, 0.15) is 22.7 Å². The number of hydrogen-bond donors (Lipinski definition) is 2. The lowest BCUT2D eigenvalue weighted by Gasteiger charge is -2.32. The summed E-state index contributed by atoms with van der Waals surface area (Å²) in [6.45, 7) is 11.7. The molecule has 0 atom stereocenters. The number of aromatic amines is 2. The van der Waals surface area contributed by atoms with Crippen molar-refractivity contribution in [1.82, 2.24) is 19.9 Å². The predicted octanol–water partition coefficient (Wildman–Crippen LogP) is 4.38. The van der Waals surface area contributed by atoms with Crippen LogP contribution in [0.2, 0.25) is 0 Å². The molecule has 3 heterocycles. The molecular formula is C26H30BBrN4O6. The average molecular weight is 585 g/mol. The molecule has 5 rings (SSSR count). The first-order chi connectivity index (χ1) is 17.8. The molecule has 38 heavy (non-hydrogen) atoms. The van der Waals surface area contributed by atoms with E-state index in [0.717, 1.165) is 32.6 Å². The molecule has 0 spiro atoms. The SMILES string of the molecule is COC(=O)c1cc(B2OC(C)(C)C(C)(C)O2)cc2[nH]c(C)nc12.COC(=O)c1cc(Br)cc2[nH]c(C)nc12. The maximum Gasteiger partial charge on any atom is 0.494 e. The summed E-state index contributed by atoms with van der Waals surface area (Å²) in [5.74, 6) is 0.692. The van der Waals surface area contributed by atoms with Crippen molar-refractivity contribution < 1.29 is 28.4 Å². The van der Waals surface area contributed by atoms with Crippen molar-refractivity contribution in [2.24, 2.45) is 0 Å². The van der Waals surface area contributed by atoms with Crippen molar-refractivity contribution in [3.05, 3.63) is 51.5 Å². The number of fused-ring (bicyclic) bond motifs is 2. The van der Waals surface area contributed by atoms with E-state index in [0.29, 0.717) is 22.2 Å². The largest absolute Gasteiger partial charge is 0.494 e. The summed E-state index contributed by atoms with van der Waals surface area (Å²) in [4.78, 5) is 38.4. The van der Waals surface area contributed by atoms with Crippen molar-refractivity contribution in [2.75, 3.05) is 14.2 Å². The lowest BCUT2D eigenvalue weighted by atomic mass is 9.78. The van der Waals surface area contributed by atoms with E-state index in [2.05, 4.69) is 35.9 Å². The Bertz CT molecular complexity index is 1530. The van der Waals surface area contributed by atoms with Gasteiger partial charge in [-0.2, -0.15) is 0 Å². The number of aromatic nitrogens is 4. The number of hydrogen-bond acceptors (Lipinski definition) is 8. The molecule has 2 aromatic heterocycles. The highest BCUT2D eigenvalue weighted by molar-refractivity contribution is 9.10. The Morgan fingerprint density at radius 1 is 0.816 bits per heavy atom. The van der Waals surface area contributed by atoms with Crippen molar-refractivity contribution in [1.29, 1.82) is 0 Å². The number of imidazole rings is 2. The van der Waals surface area contributed by atoms with Crippen LogP contribution < -0.4 is 5.46 Å². The molecule has 0 bridgehead atoms. The van der Waals surface area contributed by atoms with Gasteiger partial charge in [0, 0.05) is 4.47 Å². The summed E-state index contributed by atoms with van der Waals surface area (Å²) >= 11 is 3.33. The highest BCUT2D eigenvalue weighted by Gasteiger charge is 2.52. The van der Waals surface area contributed by atoms with Crippen molar-refractivity contribution >= 4 is 62.5 Å². The molecule has 0 unspecified atom stereocenters. The van der Waals surface area contributed by atoms with Gasteiger partial charge in [-0.3, -0.25) is 0 Å². The zero-order chi connectivity index (χ0) is 28.0. The van der Waals surface area contributed by atoms with E-state index in [1.807, 2.05) is 53.7 Å². The van der Waals surface area contributed by atoms with E-state index < -0.39 is 24.3 Å². The number of benzene rings is 2. The fourth-order valence-electron chi connectivity index (χ4n) is 4.11. The minimum absolute atomic E-state index is 0.382. The Morgan fingerprint density at radius 2 is 1.26 bits per heavy atom. The van der Waals surface area contributed by atoms with Crippen LogP contribution in [0.1, 0.15) is 60.1 Å². The van der Waals surface area contributed by atoms with E-state index in [1.165, 1.54) is 14.2 Å². The Hall–Kier alpha value is -3.22. The van der Waals surface area contributed by atoms with Gasteiger partial charge in [0.15, 0.2) is 0 Å². The zero-order valence-electron chi connectivity index (χ0n) is 22.6. The lowest BCUT2D eigenvalue weighted by Crippen LogP contribution is -2.41. The lowest BCUT2D eigenvalue weighted by molar-refractivity contribution is 0.00578. The molecule has 10 nitrogen and oxygen atoms in total. The fraction of sp³-hybridized carbons (Fsp3) is 0.385. The Morgan fingerprint density at radius 3 is 1.74 bits per heavy atom. The highest BCUT2D eigenvalue weighted by Crippen LogP contribution is 2.36. The minimum Gasteiger partial charge on any atom is -0.465 e. The number of esters is 2. The average Bonchev–Trinajstić information content (AvgIpc) is 3.47. The van der Waals surface area contributed by atoms with Gasteiger partial charge < -0.3 is 28.8 Å². The molecule has 200 valence electrons. The summed E-state index contributed by atoms with van der Waals surface area (Å²) in [6.07, 6.45) is 0. The molecule has 1 saturated heterocycles. The second-order valence-corrected chi connectivity index (χ2v) is 10.9. The molecule has 0 amide bonds. The Balaban J connectivity index is 0.000000194. The standard InChI is InChI=1S/C16H21BN2O4.C10H9BrN2O2/c1-9-18-12-8-10(7-11(13(12)19-9)14(20)21-6)17-22-15(2,3)16(4,5)23-17;1-5-12-8-4-6(11)3-7(9(8)13-5)10(14)15-2/h7-8H,1-6H3,(H,18,19);3-4H,1-2H3,(H,12,13). The number of methoxy groups -OCH3 is 2. The van der Waals surface area contributed by atoms with Gasteiger partial charge in [-0.15, -0.1) is 0 Å². The van der Waals surface area contributed by atoms with Crippen molar-refractivity contribution in [3.8, 4) is 0 Å². The summed E-state index contributed by atoms with van der Waals surface area (Å²) in [5.41, 5.74) is 3.56. The molecule has 0 aliphatic carbocycles. The van der Waals surface area contributed by atoms with Crippen LogP contribution in [0.5, 0.6) is 0 Å². The third-order valence-corrected chi connectivity index (χ3v) is 7.19. The number of halogens is 1. The van der Waals surface area contributed by atoms with Gasteiger partial charge in [0.05, 0.1) is 47.6 Å². The van der Waals surface area contributed by atoms with E-state index in [-0.39, 0.29) is 5.97 Å². The molecule has 0 saturated carbocycles. The topological polar surface area (TPSA) is 128 Å². The summed E-state index contributed by atoms with van der Waals surface area (Å²) < 4.78 is 22.5. The maximum atomic E-state index is 12.1. The molecular weight excluding hydrogens is 555 g/mol. The van der Waals surface area contributed by atoms with Crippen LogP contribution in [0.25, 0.3) is 22.1 Å². The molecule has 1 aliphatic rings. The molecule has 2 N–H and O–H groups in total. The van der Waals surface area contributed by atoms with Gasteiger partial charge >= 0.3 is 19.1 Å². The van der Waals surface area contributed by atoms with Crippen molar-refractivity contribution in [3.63, 3.8) is 0 Å². The van der Waals surface area contributed by atoms with E-state index in [4.69, 9.17) is 18.8 Å². The number of H-pyrrole nitrogens is 2. The van der Waals surface area contributed by atoms with Crippen LogP contribution in [0, 0.1) is 13.8 Å². The summed E-state index contributed by atoms with van der Waals surface area (Å²) in [5, 5.41) is 0. The van der Waals surface area contributed by atoms with Crippen LogP contribution in [-0.2, 0) is 18.8 Å². The minimum atomic E-state index is -0.545. The van der Waals surface area contributed by atoms with E-state index >= 15 is 0 Å². The van der Waals surface area contributed by atoms with Crippen LogP contribution in [0.4, 0.5) is 0 Å². The molecule has 0 radical (unpaired) electrons. The van der Waals surface area contributed by atoms with E-state index in [9.17, 15) is 9.59 Å². The third-order valence-electron chi connectivity index (χ3n) is 6.73. The maximum absolute atomic E-state index is 12.1. The van der Waals surface area contributed by atoms with Gasteiger partial charge in [-0.25, -0.2) is 19.6 Å². The zero-order valence-corrected chi connectivity index (χ0v) is 24.2. The normalized spacial score (nSPS) is 15.9. The fourth-order valence-corrected chi connectivity index (χ4v) is 4.57.